The molecule has 0 aliphatic heterocycles. The highest BCUT2D eigenvalue weighted by Crippen LogP contribution is 2.22. The molecule has 21 heavy (non-hydrogen) atoms. The molecule has 0 heterocycles. The molecule has 1 amide bonds. The highest BCUT2D eigenvalue weighted by atomic mass is 35.5. The van der Waals surface area contributed by atoms with E-state index in [0.717, 1.165) is 11.1 Å². The molecule has 0 aliphatic carbocycles. The Kier molecular flexibility index (Phi) is 4.81. The first-order valence-corrected chi connectivity index (χ1v) is 6.78. The van der Waals surface area contributed by atoms with Gasteiger partial charge < -0.3 is 10.1 Å². The molecule has 0 unspecified atom stereocenters. The van der Waals surface area contributed by atoms with Gasteiger partial charge in [-0.25, -0.2) is 4.39 Å². The lowest BCUT2D eigenvalue weighted by Crippen LogP contribution is -2.21. The van der Waals surface area contributed by atoms with Gasteiger partial charge in [-0.3, -0.25) is 4.79 Å². The van der Waals surface area contributed by atoms with Crippen LogP contribution in [0.4, 0.5) is 10.1 Å². The summed E-state index contributed by atoms with van der Waals surface area (Å²) in [5.74, 6) is -0.322. The van der Waals surface area contributed by atoms with Crippen LogP contribution in [0.25, 0.3) is 0 Å². The number of ether oxygens (including phenoxy) is 1. The van der Waals surface area contributed by atoms with Crippen LogP contribution in [0, 0.1) is 19.7 Å². The van der Waals surface area contributed by atoms with E-state index in [1.165, 1.54) is 12.1 Å². The monoisotopic (exact) mass is 307 g/mol. The molecule has 0 saturated carbocycles. The largest absolute Gasteiger partial charge is 0.483 e. The van der Waals surface area contributed by atoms with Crippen molar-refractivity contribution < 1.29 is 13.9 Å². The van der Waals surface area contributed by atoms with Crippen molar-refractivity contribution in [1.29, 1.82) is 0 Å². The summed E-state index contributed by atoms with van der Waals surface area (Å²) in [7, 11) is 0. The summed E-state index contributed by atoms with van der Waals surface area (Å²) in [6.07, 6.45) is 0. The van der Waals surface area contributed by atoms with Crippen LogP contribution in [0.3, 0.4) is 0 Å². The van der Waals surface area contributed by atoms with Crippen molar-refractivity contribution in [2.24, 2.45) is 0 Å². The molecule has 0 bridgehead atoms. The summed E-state index contributed by atoms with van der Waals surface area (Å²) in [6.45, 7) is 3.41. The first kappa shape index (κ1) is 15.3. The maximum Gasteiger partial charge on any atom is 0.262 e. The summed E-state index contributed by atoms with van der Waals surface area (Å²) in [5.41, 5.74) is 1.76. The van der Waals surface area contributed by atoms with Gasteiger partial charge in [0.25, 0.3) is 5.91 Å². The lowest BCUT2D eigenvalue weighted by molar-refractivity contribution is -0.118. The van der Waals surface area contributed by atoms with Crippen LogP contribution in [0.5, 0.6) is 5.75 Å². The van der Waals surface area contributed by atoms with Gasteiger partial charge >= 0.3 is 0 Å². The molecule has 0 fully saturated rings. The zero-order valence-corrected chi connectivity index (χ0v) is 12.5. The van der Waals surface area contributed by atoms with E-state index in [4.69, 9.17) is 16.3 Å². The van der Waals surface area contributed by atoms with E-state index in [1.807, 2.05) is 6.92 Å². The van der Waals surface area contributed by atoms with Crippen LogP contribution >= 0.6 is 11.6 Å². The summed E-state index contributed by atoms with van der Waals surface area (Å²) >= 11 is 5.84. The zero-order valence-electron chi connectivity index (χ0n) is 11.7. The third-order valence-corrected chi connectivity index (χ3v) is 3.13. The smallest absolute Gasteiger partial charge is 0.262 e. The second-order valence-corrected chi connectivity index (χ2v) is 5.17. The summed E-state index contributed by atoms with van der Waals surface area (Å²) in [6, 6.07) is 9.73. The van der Waals surface area contributed by atoms with E-state index in [9.17, 15) is 9.18 Å². The van der Waals surface area contributed by atoms with Crippen LogP contribution in [-0.4, -0.2) is 12.5 Å². The maximum atomic E-state index is 13.6. The average Bonchev–Trinajstić information content (AvgIpc) is 2.41. The molecular formula is C16H15ClFNO2. The van der Waals surface area contributed by atoms with Crippen molar-refractivity contribution in [1.82, 2.24) is 0 Å². The quantitative estimate of drug-likeness (QED) is 0.923. The molecule has 0 aliphatic rings. The van der Waals surface area contributed by atoms with Gasteiger partial charge in [0.15, 0.2) is 6.61 Å². The van der Waals surface area contributed by atoms with Crippen molar-refractivity contribution in [2.45, 2.75) is 13.8 Å². The van der Waals surface area contributed by atoms with Crippen LogP contribution in [0.15, 0.2) is 36.4 Å². The Morgan fingerprint density at radius 1 is 1.24 bits per heavy atom. The van der Waals surface area contributed by atoms with Crippen molar-refractivity contribution in [3.63, 3.8) is 0 Å². The fourth-order valence-electron chi connectivity index (χ4n) is 1.83. The Bertz CT molecular complexity index is 673. The predicted molar refractivity (Wildman–Crippen MR) is 81.5 cm³/mol. The van der Waals surface area contributed by atoms with Gasteiger partial charge in [0.05, 0.1) is 5.69 Å². The third kappa shape index (κ3) is 4.20. The van der Waals surface area contributed by atoms with Gasteiger partial charge in [0.1, 0.15) is 11.6 Å². The van der Waals surface area contributed by atoms with E-state index in [-0.39, 0.29) is 12.3 Å². The lowest BCUT2D eigenvalue weighted by Gasteiger charge is -2.10. The Hall–Kier alpha value is -2.07. The van der Waals surface area contributed by atoms with Gasteiger partial charge in [-0.15, -0.1) is 0 Å². The number of benzene rings is 2. The minimum atomic E-state index is -0.467. The van der Waals surface area contributed by atoms with E-state index in [2.05, 4.69) is 5.32 Å². The molecule has 2 aromatic rings. The van der Waals surface area contributed by atoms with E-state index in [1.54, 1.807) is 31.2 Å². The second kappa shape index (κ2) is 6.59. The molecule has 0 radical (unpaired) electrons. The molecule has 0 atom stereocenters. The number of hydrogen-bond acceptors (Lipinski definition) is 2. The number of amides is 1. The number of anilines is 1. The van der Waals surface area contributed by atoms with Gasteiger partial charge in [-0.2, -0.15) is 0 Å². The molecular weight excluding hydrogens is 293 g/mol. The van der Waals surface area contributed by atoms with Crippen LogP contribution < -0.4 is 10.1 Å². The fourth-order valence-corrected chi connectivity index (χ4v) is 2.05. The highest BCUT2D eigenvalue weighted by molar-refractivity contribution is 6.30. The lowest BCUT2D eigenvalue weighted by atomic mass is 10.2. The molecule has 3 nitrogen and oxygen atoms in total. The van der Waals surface area contributed by atoms with E-state index in [0.29, 0.717) is 10.8 Å². The summed E-state index contributed by atoms with van der Waals surface area (Å²) in [4.78, 5) is 11.8. The number of carbonyl (C=O) groups is 1. The first-order chi connectivity index (χ1) is 9.95. The molecule has 2 rings (SSSR count). The average molecular weight is 308 g/mol. The predicted octanol–water partition coefficient (Wildman–Crippen LogP) is 4.11. The van der Waals surface area contributed by atoms with Crippen molar-refractivity contribution in [3.8, 4) is 5.75 Å². The third-order valence-electron chi connectivity index (χ3n) is 2.89. The normalized spacial score (nSPS) is 10.3. The zero-order chi connectivity index (χ0) is 15.4. The van der Waals surface area contributed by atoms with Gasteiger partial charge in [-0.1, -0.05) is 17.7 Å². The number of halogens is 2. The molecule has 0 spiro atoms. The Balaban J connectivity index is 1.96. The van der Waals surface area contributed by atoms with Gasteiger partial charge in [0, 0.05) is 5.02 Å². The van der Waals surface area contributed by atoms with Crippen LogP contribution in [0.2, 0.25) is 5.02 Å². The Morgan fingerprint density at radius 3 is 2.67 bits per heavy atom. The fraction of sp³-hybridized carbons (Fsp3) is 0.188. The Labute approximate surface area is 127 Å². The van der Waals surface area contributed by atoms with Crippen LogP contribution in [0.1, 0.15) is 11.1 Å². The minimum absolute atomic E-state index is 0.141. The van der Waals surface area contributed by atoms with Crippen LogP contribution in [-0.2, 0) is 4.79 Å². The van der Waals surface area contributed by atoms with Gasteiger partial charge in [-0.05, 0) is 55.3 Å². The maximum absolute atomic E-state index is 13.6. The van der Waals surface area contributed by atoms with Crippen molar-refractivity contribution in [3.05, 3.63) is 58.4 Å². The molecule has 0 saturated heterocycles. The molecule has 5 heteroatoms. The minimum Gasteiger partial charge on any atom is -0.483 e. The Morgan fingerprint density at radius 2 is 2.00 bits per heavy atom. The molecule has 110 valence electrons. The number of hydrogen-bond donors (Lipinski definition) is 1. The number of aryl methyl sites for hydroxylation is 2. The number of carbonyl (C=O) groups excluding carboxylic acids is 1. The number of nitrogens with one attached hydrogen (secondary N) is 1. The first-order valence-electron chi connectivity index (χ1n) is 6.40. The van der Waals surface area contributed by atoms with Crippen molar-refractivity contribution in [2.75, 3.05) is 11.9 Å². The van der Waals surface area contributed by atoms with E-state index < -0.39 is 11.7 Å². The van der Waals surface area contributed by atoms with Crippen molar-refractivity contribution >= 4 is 23.2 Å². The SMILES string of the molecule is Cc1ccc(NC(=O)COc2ccc(Cl)cc2C)c(F)c1. The summed E-state index contributed by atoms with van der Waals surface area (Å²) in [5, 5.41) is 3.08. The standard InChI is InChI=1S/C16H15ClFNO2/c1-10-3-5-14(13(18)7-10)19-16(20)9-21-15-6-4-12(17)8-11(15)2/h3-8H,9H2,1-2H3,(H,19,20). The number of rotatable bonds is 4. The van der Waals surface area contributed by atoms with E-state index >= 15 is 0 Å². The summed E-state index contributed by atoms with van der Waals surface area (Å²) < 4.78 is 19.0. The molecule has 1 N–H and O–H groups in total. The topological polar surface area (TPSA) is 38.3 Å². The molecule has 0 aromatic heterocycles. The second-order valence-electron chi connectivity index (χ2n) is 4.73. The molecule has 2 aromatic carbocycles. The van der Waals surface area contributed by atoms with Gasteiger partial charge in [0.2, 0.25) is 0 Å². The highest BCUT2D eigenvalue weighted by Gasteiger charge is 2.09.